The fourth-order valence-corrected chi connectivity index (χ4v) is 3.21. The number of carbonyl (C=O) groups excluding carboxylic acids is 1. The fraction of sp³-hybridized carbons (Fsp3) is 0.577. The topological polar surface area (TPSA) is 61.3 Å². The summed E-state index contributed by atoms with van der Waals surface area (Å²) in [7, 11) is 0. The van der Waals surface area contributed by atoms with E-state index in [0.717, 1.165) is 12.8 Å². The van der Waals surface area contributed by atoms with E-state index in [1.807, 2.05) is 24.3 Å². The van der Waals surface area contributed by atoms with Crippen LogP contribution in [0, 0.1) is 5.92 Å². The van der Waals surface area contributed by atoms with Crippen molar-refractivity contribution in [1.29, 1.82) is 0 Å². The summed E-state index contributed by atoms with van der Waals surface area (Å²) < 4.78 is 10.9. The average molecular weight is 427 g/mol. The third kappa shape index (κ3) is 9.95. The normalized spacial score (nSPS) is 11.8. The molecule has 2 aromatic rings. The lowest BCUT2D eigenvalue weighted by Crippen LogP contribution is -2.11. The molecule has 0 spiro atoms. The molecule has 0 aliphatic heterocycles. The lowest BCUT2D eigenvalue weighted by Gasteiger charge is -2.09. The van der Waals surface area contributed by atoms with Crippen LogP contribution in [-0.4, -0.2) is 22.8 Å². The van der Waals surface area contributed by atoms with Gasteiger partial charge in [-0.3, -0.25) is 0 Å². The molecule has 2 rings (SSSR count). The highest BCUT2D eigenvalue weighted by atomic mass is 16.5. The first-order valence-electron chi connectivity index (χ1n) is 11.9. The van der Waals surface area contributed by atoms with Crippen molar-refractivity contribution < 1.29 is 14.3 Å². The van der Waals surface area contributed by atoms with Crippen molar-refractivity contribution in [3.63, 3.8) is 0 Å². The number of unbranched alkanes of at least 4 members (excludes halogenated alkanes) is 7. The second-order valence-electron chi connectivity index (χ2n) is 8.35. The number of benzene rings is 1. The summed E-state index contributed by atoms with van der Waals surface area (Å²) in [6, 6.07) is 10.9. The highest BCUT2D eigenvalue weighted by Gasteiger charge is 2.10. The summed E-state index contributed by atoms with van der Waals surface area (Å²) in [5, 5.41) is 7.89. The maximum absolute atomic E-state index is 12.4. The molecular formula is C26H38N2O3. The molecule has 170 valence electrons. The van der Waals surface area contributed by atoms with E-state index < -0.39 is 5.97 Å². The van der Waals surface area contributed by atoms with Gasteiger partial charge in [-0.2, -0.15) is 0 Å². The molecule has 0 aliphatic rings. The van der Waals surface area contributed by atoms with Crippen LogP contribution in [0.1, 0.15) is 94.5 Å². The van der Waals surface area contributed by atoms with E-state index in [1.54, 1.807) is 12.1 Å². The number of esters is 1. The predicted molar refractivity (Wildman–Crippen MR) is 125 cm³/mol. The molecule has 5 heteroatoms. The average Bonchev–Trinajstić information content (AvgIpc) is 2.80. The van der Waals surface area contributed by atoms with Crippen LogP contribution in [0.25, 0.3) is 0 Å². The number of ether oxygens (including phenoxy) is 2. The Kier molecular flexibility index (Phi) is 11.7. The van der Waals surface area contributed by atoms with Gasteiger partial charge in [-0.05, 0) is 36.5 Å². The first kappa shape index (κ1) is 24.8. The Balaban J connectivity index is 1.70. The van der Waals surface area contributed by atoms with Gasteiger partial charge >= 0.3 is 5.97 Å². The predicted octanol–water partition coefficient (Wildman–Crippen LogP) is 6.80. The maximum atomic E-state index is 12.4. The monoisotopic (exact) mass is 426 g/mol. The van der Waals surface area contributed by atoms with E-state index in [-0.39, 0.29) is 5.88 Å². The summed E-state index contributed by atoms with van der Waals surface area (Å²) in [5.41, 5.74) is 1.77. The largest absolute Gasteiger partial charge is 0.476 e. The lowest BCUT2D eigenvalue weighted by molar-refractivity contribution is 0.0725. The molecule has 0 unspecified atom stereocenters. The van der Waals surface area contributed by atoms with Gasteiger partial charge in [0.15, 0.2) is 0 Å². The lowest BCUT2D eigenvalue weighted by atomic mass is 10.0. The van der Waals surface area contributed by atoms with Crippen LogP contribution in [0.15, 0.2) is 36.4 Å². The highest BCUT2D eigenvalue weighted by Crippen LogP contribution is 2.15. The van der Waals surface area contributed by atoms with Crippen molar-refractivity contribution in [2.24, 2.45) is 5.92 Å². The van der Waals surface area contributed by atoms with Crippen LogP contribution in [-0.2, 0) is 6.42 Å². The van der Waals surface area contributed by atoms with E-state index in [4.69, 9.17) is 9.47 Å². The van der Waals surface area contributed by atoms with E-state index in [2.05, 4.69) is 31.0 Å². The molecule has 1 heterocycles. The minimum atomic E-state index is -0.429. The molecule has 0 radical (unpaired) electrons. The SMILES string of the molecule is CCCCCCCCCCc1ccc(C(=O)Oc2ccc(OC[C@@H](C)CC)nn2)cc1. The number of aryl methyl sites for hydroxylation is 1. The van der Waals surface area contributed by atoms with Crippen LogP contribution in [0.4, 0.5) is 0 Å². The zero-order chi connectivity index (χ0) is 22.3. The molecular weight excluding hydrogens is 388 g/mol. The summed E-state index contributed by atoms with van der Waals surface area (Å²) in [6.45, 7) is 7.08. The number of aromatic nitrogens is 2. The Labute approximate surface area is 187 Å². The minimum Gasteiger partial charge on any atom is -0.476 e. The standard InChI is InChI=1S/C26H38N2O3/c1-4-6-7-8-9-10-11-12-13-22-14-16-23(17-15-22)26(29)31-25-19-18-24(27-28-25)30-20-21(3)5-2/h14-19,21H,4-13,20H2,1-3H3/t21-/m0/s1. The molecule has 0 saturated heterocycles. The van der Waals surface area contributed by atoms with E-state index in [1.165, 1.54) is 56.9 Å². The number of rotatable bonds is 15. The van der Waals surface area contributed by atoms with Gasteiger partial charge in [-0.25, -0.2) is 4.79 Å². The molecule has 0 amide bonds. The van der Waals surface area contributed by atoms with Gasteiger partial charge in [0.05, 0.1) is 12.2 Å². The Morgan fingerprint density at radius 1 is 0.839 bits per heavy atom. The van der Waals surface area contributed by atoms with E-state index in [0.29, 0.717) is 24.0 Å². The summed E-state index contributed by atoms with van der Waals surface area (Å²) in [6.07, 6.45) is 12.6. The zero-order valence-electron chi connectivity index (χ0n) is 19.4. The fourth-order valence-electron chi connectivity index (χ4n) is 3.21. The Hall–Kier alpha value is -2.43. The van der Waals surface area contributed by atoms with E-state index in [9.17, 15) is 4.79 Å². The van der Waals surface area contributed by atoms with Gasteiger partial charge in [0, 0.05) is 12.1 Å². The molecule has 0 bridgehead atoms. The second-order valence-corrected chi connectivity index (χ2v) is 8.35. The van der Waals surface area contributed by atoms with Crippen LogP contribution in [0.2, 0.25) is 0 Å². The minimum absolute atomic E-state index is 0.170. The number of nitrogens with zero attached hydrogens (tertiary/aromatic N) is 2. The Morgan fingerprint density at radius 3 is 2.06 bits per heavy atom. The van der Waals surface area contributed by atoms with Crippen LogP contribution >= 0.6 is 0 Å². The molecule has 0 fully saturated rings. The zero-order valence-corrected chi connectivity index (χ0v) is 19.4. The molecule has 1 aromatic carbocycles. The molecule has 31 heavy (non-hydrogen) atoms. The van der Waals surface area contributed by atoms with Gasteiger partial charge in [-0.15, -0.1) is 10.2 Å². The van der Waals surface area contributed by atoms with Gasteiger partial charge in [0.25, 0.3) is 0 Å². The van der Waals surface area contributed by atoms with Crippen molar-refractivity contribution in [1.82, 2.24) is 10.2 Å². The smallest absolute Gasteiger partial charge is 0.344 e. The summed E-state index contributed by atoms with van der Waals surface area (Å²) in [4.78, 5) is 12.4. The Morgan fingerprint density at radius 2 is 1.45 bits per heavy atom. The third-order valence-corrected chi connectivity index (χ3v) is 5.53. The van der Waals surface area contributed by atoms with Crippen molar-refractivity contribution in [2.75, 3.05) is 6.61 Å². The van der Waals surface area contributed by atoms with Crippen LogP contribution < -0.4 is 9.47 Å². The first-order valence-corrected chi connectivity index (χ1v) is 11.9. The van der Waals surface area contributed by atoms with E-state index >= 15 is 0 Å². The van der Waals surface area contributed by atoms with Gasteiger partial charge in [0.1, 0.15) is 0 Å². The quantitative estimate of drug-likeness (QED) is 0.231. The maximum Gasteiger partial charge on any atom is 0.344 e. The summed E-state index contributed by atoms with van der Waals surface area (Å²) in [5.74, 6) is 0.633. The Bertz CT molecular complexity index is 744. The van der Waals surface area contributed by atoms with Crippen molar-refractivity contribution in [3.8, 4) is 11.8 Å². The third-order valence-electron chi connectivity index (χ3n) is 5.53. The molecule has 5 nitrogen and oxygen atoms in total. The molecule has 0 aliphatic carbocycles. The van der Waals surface area contributed by atoms with Gasteiger partial charge < -0.3 is 9.47 Å². The first-order chi connectivity index (χ1) is 15.1. The van der Waals surface area contributed by atoms with Gasteiger partial charge in [0.2, 0.25) is 11.8 Å². The van der Waals surface area contributed by atoms with Gasteiger partial charge in [-0.1, -0.05) is 84.3 Å². The molecule has 0 N–H and O–H groups in total. The number of hydrogen-bond donors (Lipinski definition) is 0. The van der Waals surface area contributed by atoms with Crippen molar-refractivity contribution >= 4 is 5.97 Å². The van der Waals surface area contributed by atoms with Crippen LogP contribution in [0.5, 0.6) is 11.8 Å². The number of hydrogen-bond acceptors (Lipinski definition) is 5. The van der Waals surface area contributed by atoms with Crippen LogP contribution in [0.3, 0.4) is 0 Å². The highest BCUT2D eigenvalue weighted by molar-refractivity contribution is 5.90. The molecule has 1 atom stereocenters. The molecule has 1 aromatic heterocycles. The second kappa shape index (κ2) is 14.6. The summed E-state index contributed by atoms with van der Waals surface area (Å²) >= 11 is 0. The van der Waals surface area contributed by atoms with Crippen molar-refractivity contribution in [2.45, 2.75) is 85.0 Å². The number of carbonyl (C=O) groups is 1. The van der Waals surface area contributed by atoms with Crippen molar-refractivity contribution in [3.05, 3.63) is 47.5 Å². The molecule has 0 saturated carbocycles.